The Morgan fingerprint density at radius 3 is 2.72 bits per heavy atom. The van der Waals surface area contributed by atoms with Gasteiger partial charge in [0.15, 0.2) is 0 Å². The molecule has 0 fully saturated rings. The van der Waals surface area contributed by atoms with E-state index in [1.807, 2.05) is 18.2 Å². The lowest BCUT2D eigenvalue weighted by atomic mass is 10.2. The number of hydrogen-bond acceptors (Lipinski definition) is 0. The van der Waals surface area contributed by atoms with Gasteiger partial charge in [0.2, 0.25) is 0 Å². The van der Waals surface area contributed by atoms with Crippen molar-refractivity contribution in [2.75, 3.05) is 0 Å². The summed E-state index contributed by atoms with van der Waals surface area (Å²) in [5, 5.41) is 2.10. The van der Waals surface area contributed by atoms with Gasteiger partial charge in [-0.2, -0.15) is 0 Å². The van der Waals surface area contributed by atoms with E-state index in [2.05, 4.69) is 48.0 Å². The first-order valence-electron chi connectivity index (χ1n) is 6.03. The van der Waals surface area contributed by atoms with Crippen LogP contribution in [0.2, 0.25) is 5.02 Å². The second kappa shape index (κ2) is 4.51. The minimum atomic E-state index is 0.812. The molecule has 0 atom stereocenters. The number of benzene rings is 2. The van der Waals surface area contributed by atoms with E-state index in [0.717, 1.165) is 17.1 Å². The fraction of sp³-hybridized carbons (Fsp3) is 0.125. The highest BCUT2D eigenvalue weighted by atomic mass is 35.5. The number of hydrogen-bond donors (Lipinski definition) is 0. The van der Waals surface area contributed by atoms with Crippen molar-refractivity contribution >= 4 is 22.5 Å². The van der Waals surface area contributed by atoms with Gasteiger partial charge in [-0.25, -0.2) is 0 Å². The molecule has 1 aromatic heterocycles. The summed E-state index contributed by atoms with van der Waals surface area (Å²) >= 11 is 6.21. The SMILES string of the molecule is Cc1ccc2ccn(Cc3ccccc3Cl)c2c1. The molecular formula is C16H14ClN. The minimum Gasteiger partial charge on any atom is -0.343 e. The van der Waals surface area contributed by atoms with Crippen LogP contribution in [0.1, 0.15) is 11.1 Å². The summed E-state index contributed by atoms with van der Waals surface area (Å²) in [5.41, 5.74) is 3.69. The molecule has 1 heterocycles. The standard InChI is InChI=1S/C16H14ClN/c1-12-6-7-13-8-9-18(16(13)10-12)11-14-4-2-3-5-15(14)17/h2-10H,11H2,1H3. The van der Waals surface area contributed by atoms with Crippen LogP contribution in [-0.2, 0) is 6.54 Å². The van der Waals surface area contributed by atoms with Crippen molar-refractivity contribution in [1.82, 2.24) is 4.57 Å². The molecule has 0 spiro atoms. The lowest BCUT2D eigenvalue weighted by Gasteiger charge is -2.08. The third kappa shape index (κ3) is 2.02. The van der Waals surface area contributed by atoms with Crippen LogP contribution in [0.15, 0.2) is 54.7 Å². The van der Waals surface area contributed by atoms with E-state index in [4.69, 9.17) is 11.6 Å². The van der Waals surface area contributed by atoms with Crippen LogP contribution >= 0.6 is 11.6 Å². The summed E-state index contributed by atoms with van der Waals surface area (Å²) in [7, 11) is 0. The first-order valence-corrected chi connectivity index (χ1v) is 6.41. The molecule has 3 aromatic rings. The lowest BCUT2D eigenvalue weighted by molar-refractivity contribution is 0.837. The van der Waals surface area contributed by atoms with Crippen molar-refractivity contribution in [2.24, 2.45) is 0 Å². The maximum atomic E-state index is 6.21. The van der Waals surface area contributed by atoms with E-state index in [-0.39, 0.29) is 0 Å². The first kappa shape index (κ1) is 11.4. The molecule has 0 aliphatic carbocycles. The molecule has 0 saturated carbocycles. The highest BCUT2D eigenvalue weighted by Gasteiger charge is 2.04. The summed E-state index contributed by atoms with van der Waals surface area (Å²) in [6, 6.07) is 16.7. The van der Waals surface area contributed by atoms with Crippen LogP contribution in [-0.4, -0.2) is 4.57 Å². The van der Waals surface area contributed by atoms with Gasteiger partial charge < -0.3 is 4.57 Å². The van der Waals surface area contributed by atoms with Gasteiger partial charge in [0, 0.05) is 23.3 Å². The van der Waals surface area contributed by atoms with Gasteiger partial charge in [0.1, 0.15) is 0 Å². The van der Waals surface area contributed by atoms with Gasteiger partial charge in [-0.1, -0.05) is 41.9 Å². The molecule has 1 nitrogen and oxygen atoms in total. The van der Waals surface area contributed by atoms with Crippen molar-refractivity contribution in [3.8, 4) is 0 Å². The van der Waals surface area contributed by atoms with E-state index >= 15 is 0 Å². The summed E-state index contributed by atoms with van der Waals surface area (Å²) in [5.74, 6) is 0. The molecule has 0 unspecified atom stereocenters. The van der Waals surface area contributed by atoms with Gasteiger partial charge >= 0.3 is 0 Å². The summed E-state index contributed by atoms with van der Waals surface area (Å²) in [4.78, 5) is 0. The van der Waals surface area contributed by atoms with Crippen molar-refractivity contribution in [1.29, 1.82) is 0 Å². The van der Waals surface area contributed by atoms with Crippen LogP contribution in [0, 0.1) is 6.92 Å². The number of fused-ring (bicyclic) bond motifs is 1. The number of nitrogens with zero attached hydrogens (tertiary/aromatic N) is 1. The molecule has 2 aromatic carbocycles. The second-order valence-electron chi connectivity index (χ2n) is 4.60. The third-order valence-corrected chi connectivity index (χ3v) is 3.60. The molecule has 0 amide bonds. The van der Waals surface area contributed by atoms with E-state index in [1.54, 1.807) is 0 Å². The van der Waals surface area contributed by atoms with Crippen LogP contribution in [0.25, 0.3) is 10.9 Å². The predicted octanol–water partition coefficient (Wildman–Crippen LogP) is 4.65. The van der Waals surface area contributed by atoms with Crippen molar-refractivity contribution < 1.29 is 0 Å². The van der Waals surface area contributed by atoms with E-state index < -0.39 is 0 Å². The van der Waals surface area contributed by atoms with Crippen LogP contribution in [0.4, 0.5) is 0 Å². The Bertz CT molecular complexity index is 697. The molecule has 90 valence electrons. The summed E-state index contributed by atoms with van der Waals surface area (Å²) in [6.45, 7) is 2.93. The topological polar surface area (TPSA) is 4.93 Å². The largest absolute Gasteiger partial charge is 0.343 e. The third-order valence-electron chi connectivity index (χ3n) is 3.23. The molecule has 18 heavy (non-hydrogen) atoms. The van der Waals surface area contributed by atoms with Crippen molar-refractivity contribution in [3.63, 3.8) is 0 Å². The van der Waals surface area contributed by atoms with Crippen LogP contribution in [0.3, 0.4) is 0 Å². The fourth-order valence-corrected chi connectivity index (χ4v) is 2.44. The molecule has 2 heteroatoms. The lowest BCUT2D eigenvalue weighted by Crippen LogP contribution is -1.98. The van der Waals surface area contributed by atoms with Gasteiger partial charge in [0.25, 0.3) is 0 Å². The average molecular weight is 256 g/mol. The summed E-state index contributed by atoms with van der Waals surface area (Å²) < 4.78 is 2.24. The average Bonchev–Trinajstić information content (AvgIpc) is 2.75. The molecule has 0 bridgehead atoms. The van der Waals surface area contributed by atoms with E-state index in [1.165, 1.54) is 16.5 Å². The Balaban J connectivity index is 2.05. The number of rotatable bonds is 2. The van der Waals surface area contributed by atoms with Gasteiger partial charge in [-0.15, -0.1) is 0 Å². The zero-order valence-corrected chi connectivity index (χ0v) is 11.0. The zero-order valence-electron chi connectivity index (χ0n) is 10.2. The van der Waals surface area contributed by atoms with Gasteiger partial charge in [-0.05, 0) is 41.6 Å². The maximum Gasteiger partial charge on any atom is 0.0490 e. The molecule has 0 aliphatic rings. The molecule has 0 aliphatic heterocycles. The van der Waals surface area contributed by atoms with E-state index in [0.29, 0.717) is 0 Å². The Morgan fingerprint density at radius 2 is 1.89 bits per heavy atom. The zero-order chi connectivity index (χ0) is 12.5. The normalized spacial score (nSPS) is 11.0. The van der Waals surface area contributed by atoms with Crippen molar-refractivity contribution in [2.45, 2.75) is 13.5 Å². The minimum absolute atomic E-state index is 0.812. The Labute approximate surface area is 112 Å². The predicted molar refractivity (Wildman–Crippen MR) is 77.2 cm³/mol. The number of halogens is 1. The Hall–Kier alpha value is -1.73. The molecule has 3 rings (SSSR count). The molecule has 0 N–H and O–H groups in total. The number of aryl methyl sites for hydroxylation is 1. The van der Waals surface area contributed by atoms with Gasteiger partial charge in [0.05, 0.1) is 0 Å². The van der Waals surface area contributed by atoms with Crippen molar-refractivity contribution in [3.05, 3.63) is 70.9 Å². The first-order chi connectivity index (χ1) is 8.74. The summed E-state index contributed by atoms with van der Waals surface area (Å²) in [6.07, 6.45) is 2.12. The smallest absolute Gasteiger partial charge is 0.0490 e. The van der Waals surface area contributed by atoms with E-state index in [9.17, 15) is 0 Å². The molecule has 0 saturated heterocycles. The van der Waals surface area contributed by atoms with Gasteiger partial charge in [-0.3, -0.25) is 0 Å². The monoisotopic (exact) mass is 255 g/mol. The Kier molecular flexibility index (Phi) is 2.85. The fourth-order valence-electron chi connectivity index (χ4n) is 2.24. The molecular weight excluding hydrogens is 242 g/mol. The number of aromatic nitrogens is 1. The Morgan fingerprint density at radius 1 is 1.06 bits per heavy atom. The highest BCUT2D eigenvalue weighted by molar-refractivity contribution is 6.31. The quantitative estimate of drug-likeness (QED) is 0.628. The second-order valence-corrected chi connectivity index (χ2v) is 5.00. The van der Waals surface area contributed by atoms with Crippen LogP contribution in [0.5, 0.6) is 0 Å². The maximum absolute atomic E-state index is 6.21. The molecule has 0 radical (unpaired) electrons. The van der Waals surface area contributed by atoms with Crippen LogP contribution < -0.4 is 0 Å². The highest BCUT2D eigenvalue weighted by Crippen LogP contribution is 2.21.